The number of carbonyl (C=O) groups is 2. The number of benzene rings is 3. The number of nitrogens with zero attached hydrogens (tertiary/aromatic N) is 2. The van der Waals surface area contributed by atoms with Crippen molar-refractivity contribution in [2.45, 2.75) is 33.1 Å². The highest BCUT2D eigenvalue weighted by Crippen LogP contribution is 2.49. The molecule has 0 unspecified atom stereocenters. The number of fused-ring (bicyclic) bond motifs is 1. The fraction of sp³-hybridized carbons (Fsp3) is 0.361. The van der Waals surface area contributed by atoms with Gasteiger partial charge in [0.1, 0.15) is 23.3 Å². The molecule has 1 heterocycles. The molecule has 0 radical (unpaired) electrons. The fourth-order valence-electron chi connectivity index (χ4n) is 5.38. The van der Waals surface area contributed by atoms with Gasteiger partial charge in [-0.25, -0.2) is 8.78 Å². The summed E-state index contributed by atoms with van der Waals surface area (Å²) in [6.07, 6.45) is 2.96. The predicted octanol–water partition coefficient (Wildman–Crippen LogP) is 7.60. The van der Waals surface area contributed by atoms with Gasteiger partial charge in [0.15, 0.2) is 23.1 Å². The number of carbonyl (C=O) groups excluding carboxylic acids is 2. The second kappa shape index (κ2) is 16.6. The monoisotopic (exact) mass is 726 g/mol. The number of aromatic nitrogens is 1. The van der Waals surface area contributed by atoms with E-state index in [2.05, 4.69) is 15.6 Å². The van der Waals surface area contributed by atoms with Crippen LogP contribution in [0.2, 0.25) is 0 Å². The number of hydrogen-bond acceptors (Lipinski definition) is 10. The molecule has 0 atom stereocenters. The lowest BCUT2D eigenvalue weighted by atomic mass is 10.0. The fourth-order valence-corrected chi connectivity index (χ4v) is 7.14. The van der Waals surface area contributed by atoms with E-state index in [4.69, 9.17) is 23.3 Å². The first kappa shape index (κ1) is 37.6. The van der Waals surface area contributed by atoms with Crippen molar-refractivity contribution in [1.82, 2.24) is 9.88 Å². The number of rotatable bonds is 18. The van der Waals surface area contributed by atoms with E-state index >= 15 is 4.39 Å². The average molecular weight is 727 g/mol. The lowest BCUT2D eigenvalue weighted by molar-refractivity contribution is -0.131. The quantitative estimate of drug-likeness (QED) is 0.0599. The number of ether oxygens (including phenoxy) is 3. The lowest BCUT2D eigenvalue weighted by Gasteiger charge is -2.23. The molecular formula is C36H41F2N4O8P. The van der Waals surface area contributed by atoms with Crippen molar-refractivity contribution in [3.05, 3.63) is 78.5 Å². The third-order valence-electron chi connectivity index (χ3n) is 8.13. The van der Waals surface area contributed by atoms with Gasteiger partial charge in [-0.2, -0.15) is 0 Å². The second-order valence-corrected chi connectivity index (χ2v) is 14.0. The number of hydrogen-bond donors (Lipinski definition) is 2. The lowest BCUT2D eigenvalue weighted by Crippen LogP contribution is -2.35. The van der Waals surface area contributed by atoms with Gasteiger partial charge in [0.25, 0.3) is 0 Å². The molecule has 2 amide bonds. The summed E-state index contributed by atoms with van der Waals surface area (Å²) >= 11 is 0. The van der Waals surface area contributed by atoms with E-state index in [1.165, 1.54) is 49.7 Å². The van der Waals surface area contributed by atoms with Crippen LogP contribution in [0.1, 0.15) is 33.1 Å². The molecule has 4 aromatic rings. The van der Waals surface area contributed by atoms with E-state index in [0.717, 1.165) is 6.07 Å². The first-order valence-electron chi connectivity index (χ1n) is 16.5. The summed E-state index contributed by atoms with van der Waals surface area (Å²) in [5, 5.41) is 5.82. The van der Waals surface area contributed by atoms with Crippen molar-refractivity contribution >= 4 is 41.7 Å². The summed E-state index contributed by atoms with van der Waals surface area (Å²) in [7, 11) is 0.139. The molecular weight excluding hydrogens is 685 g/mol. The molecule has 15 heteroatoms. The largest absolute Gasteiger partial charge is 0.493 e. The molecule has 0 bridgehead atoms. The summed E-state index contributed by atoms with van der Waals surface area (Å²) in [5.74, 6) is -1.19. The zero-order valence-electron chi connectivity index (χ0n) is 28.9. The van der Waals surface area contributed by atoms with Crippen LogP contribution in [0.3, 0.4) is 0 Å². The van der Waals surface area contributed by atoms with Crippen LogP contribution in [0.25, 0.3) is 10.9 Å². The molecule has 5 rings (SSSR count). The maximum absolute atomic E-state index is 15.3. The molecule has 12 nitrogen and oxygen atoms in total. The molecule has 1 aliphatic rings. The Hall–Kier alpha value is -4.62. The number of halogens is 2. The predicted molar refractivity (Wildman–Crippen MR) is 189 cm³/mol. The van der Waals surface area contributed by atoms with Crippen LogP contribution >= 0.6 is 7.60 Å². The van der Waals surface area contributed by atoms with Gasteiger partial charge >= 0.3 is 7.60 Å². The Kier molecular flexibility index (Phi) is 12.2. The van der Waals surface area contributed by atoms with Crippen LogP contribution in [0, 0.1) is 17.0 Å². The van der Waals surface area contributed by atoms with E-state index in [1.807, 2.05) is 11.9 Å². The molecule has 1 fully saturated rings. The molecule has 1 aromatic heterocycles. The van der Waals surface area contributed by atoms with Gasteiger partial charge in [0.05, 0.1) is 32.4 Å². The number of methoxy groups -OCH3 is 1. The van der Waals surface area contributed by atoms with E-state index in [1.54, 1.807) is 32.0 Å². The standard InChI is InChI=1S/C36H41F2N4O8P/c1-5-48-51(45,49-6-2)23-42(3)18-7-19-47-33-22-29-27(21-32(33)46-4)30(14-17-39-29)50-31-13-12-26(20-28(31)38)41-35(44)36(15-16-36)34(43)40-25-10-8-24(37)9-11-25/h8-14,17,20-22H,5-7,15-16,18-19,23H2,1-4H3,(H,40,43)(H,41,44). The summed E-state index contributed by atoms with van der Waals surface area (Å²) in [4.78, 5) is 32.2. The summed E-state index contributed by atoms with van der Waals surface area (Å²) in [6, 6.07) is 14.2. The number of nitrogens with one attached hydrogen (secondary N) is 2. The Balaban J connectivity index is 1.20. The van der Waals surface area contributed by atoms with Gasteiger partial charge < -0.3 is 33.9 Å². The SMILES string of the molecule is CCOP(=O)(CN(C)CCCOc1cc2nccc(Oc3ccc(NC(=O)C4(C(=O)Nc5ccc(F)cc5)CC4)cc3F)c2cc1OC)OCC. The molecule has 51 heavy (non-hydrogen) atoms. The maximum Gasteiger partial charge on any atom is 0.344 e. The Morgan fingerprint density at radius 1 is 0.882 bits per heavy atom. The van der Waals surface area contributed by atoms with Crippen molar-refractivity contribution < 1.29 is 46.2 Å². The van der Waals surface area contributed by atoms with Crippen LogP contribution in [-0.4, -0.2) is 68.5 Å². The second-order valence-electron chi connectivity index (χ2n) is 11.9. The normalized spacial score (nSPS) is 13.5. The van der Waals surface area contributed by atoms with Gasteiger partial charge in [-0.15, -0.1) is 0 Å². The van der Waals surface area contributed by atoms with Gasteiger partial charge in [-0.3, -0.25) is 24.0 Å². The average Bonchev–Trinajstić information content (AvgIpc) is 3.91. The molecule has 1 aliphatic carbocycles. The minimum Gasteiger partial charge on any atom is -0.493 e. The molecule has 0 aliphatic heterocycles. The van der Waals surface area contributed by atoms with Crippen LogP contribution in [0.15, 0.2) is 66.9 Å². The number of anilines is 2. The van der Waals surface area contributed by atoms with E-state index < -0.39 is 36.5 Å². The highest BCUT2D eigenvalue weighted by Gasteiger charge is 2.56. The molecule has 0 spiro atoms. The zero-order chi connectivity index (χ0) is 36.6. The van der Waals surface area contributed by atoms with Crippen molar-refractivity contribution in [2.24, 2.45) is 5.41 Å². The molecule has 3 aromatic carbocycles. The van der Waals surface area contributed by atoms with Crippen molar-refractivity contribution in [2.75, 3.05) is 57.4 Å². The van der Waals surface area contributed by atoms with Gasteiger partial charge in [0.2, 0.25) is 11.8 Å². The molecule has 1 saturated carbocycles. The van der Waals surface area contributed by atoms with Crippen molar-refractivity contribution in [3.63, 3.8) is 0 Å². The van der Waals surface area contributed by atoms with E-state index in [-0.39, 0.29) is 17.7 Å². The van der Waals surface area contributed by atoms with Gasteiger partial charge in [-0.1, -0.05) is 0 Å². The van der Waals surface area contributed by atoms with Crippen LogP contribution in [0.4, 0.5) is 20.2 Å². The third-order valence-corrected chi connectivity index (χ3v) is 10.3. The summed E-state index contributed by atoms with van der Waals surface area (Å²) < 4.78 is 69.6. The number of pyridine rings is 1. The van der Waals surface area contributed by atoms with Crippen LogP contribution < -0.4 is 24.8 Å². The topological polar surface area (TPSA) is 138 Å². The van der Waals surface area contributed by atoms with Crippen LogP contribution in [-0.2, 0) is 23.2 Å². The minimum absolute atomic E-state index is 0.0997. The first-order valence-corrected chi connectivity index (χ1v) is 18.2. The Morgan fingerprint density at radius 2 is 1.55 bits per heavy atom. The first-order chi connectivity index (χ1) is 24.5. The summed E-state index contributed by atoms with van der Waals surface area (Å²) in [5.41, 5.74) is -0.263. The molecule has 272 valence electrons. The maximum atomic E-state index is 15.3. The van der Waals surface area contributed by atoms with Gasteiger partial charge in [-0.05, 0) is 88.7 Å². The highest BCUT2D eigenvalue weighted by atomic mass is 31.2. The molecule has 0 saturated heterocycles. The number of amides is 2. The van der Waals surface area contributed by atoms with Crippen molar-refractivity contribution in [1.29, 1.82) is 0 Å². The Labute approximate surface area is 294 Å². The van der Waals surface area contributed by atoms with Gasteiger partial charge in [0, 0.05) is 41.6 Å². The van der Waals surface area contributed by atoms with Crippen molar-refractivity contribution in [3.8, 4) is 23.0 Å². The smallest absolute Gasteiger partial charge is 0.344 e. The zero-order valence-corrected chi connectivity index (χ0v) is 29.8. The van der Waals surface area contributed by atoms with E-state index in [0.29, 0.717) is 79.5 Å². The minimum atomic E-state index is -3.20. The molecule has 2 N–H and O–H groups in total. The Morgan fingerprint density at radius 3 is 2.18 bits per heavy atom. The van der Waals surface area contributed by atoms with E-state index in [9.17, 15) is 18.5 Å². The summed E-state index contributed by atoms with van der Waals surface area (Å²) in [6.45, 7) is 5.05. The Bertz CT molecular complexity index is 1900. The van der Waals surface area contributed by atoms with Crippen LogP contribution in [0.5, 0.6) is 23.0 Å². The third kappa shape index (κ3) is 9.39. The highest BCUT2D eigenvalue weighted by molar-refractivity contribution is 7.53.